The lowest BCUT2D eigenvalue weighted by atomic mass is 9.95. The quantitative estimate of drug-likeness (QED) is 0.739. The number of thiazole rings is 1. The third kappa shape index (κ3) is 3.40. The zero-order chi connectivity index (χ0) is 18.1. The van der Waals surface area contributed by atoms with Crippen molar-refractivity contribution in [2.45, 2.75) is 19.4 Å². The fourth-order valence-corrected chi connectivity index (χ4v) is 4.23. The third-order valence-corrected chi connectivity index (χ3v) is 5.56. The summed E-state index contributed by atoms with van der Waals surface area (Å²) in [5, 5.41) is 3.65. The summed E-state index contributed by atoms with van der Waals surface area (Å²) in [5.74, 6) is 0.169. The van der Waals surface area contributed by atoms with Crippen molar-refractivity contribution in [1.82, 2.24) is 15.3 Å². The van der Waals surface area contributed by atoms with Crippen LogP contribution in [0.15, 0.2) is 36.7 Å². The first kappa shape index (κ1) is 16.9. The molecule has 1 aliphatic rings. The van der Waals surface area contributed by atoms with Gasteiger partial charge in [0.05, 0.1) is 29.5 Å². The van der Waals surface area contributed by atoms with Crippen molar-refractivity contribution in [2.24, 2.45) is 5.92 Å². The fraction of sp³-hybridized carbons (Fsp3) is 0.316. The molecule has 6 nitrogen and oxygen atoms in total. The van der Waals surface area contributed by atoms with E-state index in [0.29, 0.717) is 23.9 Å². The highest BCUT2D eigenvalue weighted by molar-refractivity contribution is 7.22. The molecular formula is C19H20N4O2S. The maximum Gasteiger partial charge on any atom is 0.251 e. The van der Waals surface area contributed by atoms with Crippen LogP contribution in [0.1, 0.15) is 21.5 Å². The molecule has 3 heterocycles. The molecule has 3 aromatic rings. The van der Waals surface area contributed by atoms with Crippen molar-refractivity contribution in [3.63, 3.8) is 0 Å². The fourth-order valence-electron chi connectivity index (χ4n) is 3.38. The minimum Gasteiger partial charge on any atom is -0.379 e. The van der Waals surface area contributed by atoms with E-state index in [1.54, 1.807) is 12.4 Å². The topological polar surface area (TPSA) is 90.1 Å². The first-order chi connectivity index (χ1) is 12.6. The average molecular weight is 368 g/mol. The highest BCUT2D eigenvalue weighted by Gasteiger charge is 2.30. The van der Waals surface area contributed by atoms with Gasteiger partial charge in [0.1, 0.15) is 0 Å². The number of nitrogens with zero attached hydrogens (tertiary/aromatic N) is 2. The smallest absolute Gasteiger partial charge is 0.251 e. The van der Waals surface area contributed by atoms with Crippen LogP contribution in [0.25, 0.3) is 10.2 Å². The van der Waals surface area contributed by atoms with Gasteiger partial charge in [-0.15, -0.1) is 0 Å². The summed E-state index contributed by atoms with van der Waals surface area (Å²) in [7, 11) is 0. The Morgan fingerprint density at radius 1 is 1.35 bits per heavy atom. The van der Waals surface area contributed by atoms with Gasteiger partial charge in [-0.2, -0.15) is 0 Å². The Bertz CT molecular complexity index is 941. The molecule has 2 aromatic heterocycles. The van der Waals surface area contributed by atoms with Gasteiger partial charge in [-0.25, -0.2) is 4.98 Å². The lowest BCUT2D eigenvalue weighted by Gasteiger charge is -2.19. The van der Waals surface area contributed by atoms with E-state index in [-0.39, 0.29) is 17.9 Å². The molecule has 0 spiro atoms. The number of carbonyl (C=O) groups excluding carboxylic acids is 1. The predicted octanol–water partition coefficient (Wildman–Crippen LogP) is 2.57. The minimum atomic E-state index is -0.0859. The van der Waals surface area contributed by atoms with Crippen LogP contribution < -0.4 is 11.1 Å². The number of nitrogen functional groups attached to an aromatic ring is 1. The molecule has 0 bridgehead atoms. The SMILES string of the molecule is Cc1cc(C(=O)N[C@H]2COC[C@H]2Cc2ccncc2)cc2sc(N)nc12. The molecule has 1 saturated heterocycles. The van der Waals surface area contributed by atoms with Gasteiger partial charge >= 0.3 is 0 Å². The number of ether oxygens (including phenoxy) is 1. The van der Waals surface area contributed by atoms with Gasteiger partial charge in [0.15, 0.2) is 5.13 Å². The zero-order valence-corrected chi connectivity index (χ0v) is 15.3. The van der Waals surface area contributed by atoms with Crippen LogP contribution >= 0.6 is 11.3 Å². The number of hydrogen-bond donors (Lipinski definition) is 2. The van der Waals surface area contributed by atoms with Crippen molar-refractivity contribution >= 4 is 32.6 Å². The second-order valence-corrected chi connectivity index (χ2v) is 7.69. The van der Waals surface area contributed by atoms with Crippen LogP contribution in [0.4, 0.5) is 5.13 Å². The number of nitrogens with one attached hydrogen (secondary N) is 1. The number of fused-ring (bicyclic) bond motifs is 1. The molecule has 2 atom stereocenters. The number of aromatic nitrogens is 2. The number of anilines is 1. The van der Waals surface area contributed by atoms with E-state index in [1.165, 1.54) is 16.9 Å². The molecule has 0 saturated carbocycles. The molecule has 1 aliphatic heterocycles. The first-order valence-electron chi connectivity index (χ1n) is 8.54. The Morgan fingerprint density at radius 2 is 2.15 bits per heavy atom. The summed E-state index contributed by atoms with van der Waals surface area (Å²) in [5.41, 5.74) is 9.45. The van der Waals surface area contributed by atoms with Gasteiger partial charge in [-0.1, -0.05) is 11.3 Å². The minimum absolute atomic E-state index is 0.00167. The van der Waals surface area contributed by atoms with E-state index in [4.69, 9.17) is 10.5 Å². The highest BCUT2D eigenvalue weighted by atomic mass is 32.1. The summed E-state index contributed by atoms with van der Waals surface area (Å²) >= 11 is 1.40. The summed E-state index contributed by atoms with van der Waals surface area (Å²) in [4.78, 5) is 21.1. The number of amides is 1. The molecule has 3 N–H and O–H groups in total. The van der Waals surface area contributed by atoms with E-state index in [0.717, 1.165) is 22.2 Å². The first-order valence-corrected chi connectivity index (χ1v) is 9.36. The van der Waals surface area contributed by atoms with E-state index in [2.05, 4.69) is 15.3 Å². The summed E-state index contributed by atoms with van der Waals surface area (Å²) in [6.07, 6.45) is 4.44. The third-order valence-electron chi connectivity index (χ3n) is 4.73. The number of hydrogen-bond acceptors (Lipinski definition) is 6. The Kier molecular flexibility index (Phi) is 4.57. The molecule has 134 valence electrons. The predicted molar refractivity (Wildman–Crippen MR) is 102 cm³/mol. The number of benzene rings is 1. The molecule has 26 heavy (non-hydrogen) atoms. The Labute approximate surface area is 155 Å². The Hall–Kier alpha value is -2.51. The monoisotopic (exact) mass is 368 g/mol. The van der Waals surface area contributed by atoms with Gasteiger partial charge in [-0.3, -0.25) is 9.78 Å². The van der Waals surface area contributed by atoms with E-state index >= 15 is 0 Å². The van der Waals surface area contributed by atoms with Gasteiger partial charge in [0.2, 0.25) is 0 Å². The second kappa shape index (κ2) is 7.01. The maximum atomic E-state index is 12.8. The number of rotatable bonds is 4. The summed E-state index contributed by atoms with van der Waals surface area (Å²) in [6.45, 7) is 3.14. The van der Waals surface area contributed by atoms with Crippen LogP contribution in [-0.2, 0) is 11.2 Å². The van der Waals surface area contributed by atoms with E-state index < -0.39 is 0 Å². The zero-order valence-electron chi connectivity index (χ0n) is 14.4. The molecule has 1 aromatic carbocycles. The Balaban J connectivity index is 1.50. The molecule has 0 radical (unpaired) electrons. The van der Waals surface area contributed by atoms with Gasteiger partial charge < -0.3 is 15.8 Å². The number of aryl methyl sites for hydroxylation is 1. The van der Waals surface area contributed by atoms with Crippen molar-refractivity contribution in [3.05, 3.63) is 53.3 Å². The lowest BCUT2D eigenvalue weighted by molar-refractivity contribution is 0.0925. The molecule has 1 amide bonds. The van der Waals surface area contributed by atoms with Crippen molar-refractivity contribution in [2.75, 3.05) is 18.9 Å². The molecule has 1 fully saturated rings. The van der Waals surface area contributed by atoms with Crippen LogP contribution in [0.5, 0.6) is 0 Å². The number of nitrogens with two attached hydrogens (primary N) is 1. The maximum absolute atomic E-state index is 12.8. The standard InChI is InChI=1S/C19H20N4O2S/c1-11-6-13(8-16-17(11)23-19(20)26-16)18(24)22-15-10-25-9-14(15)7-12-2-4-21-5-3-12/h2-6,8,14-15H,7,9-10H2,1H3,(H2,20,23)(H,22,24)/t14-,15+/m1/s1. The Morgan fingerprint density at radius 3 is 2.96 bits per heavy atom. The van der Waals surface area contributed by atoms with Crippen molar-refractivity contribution in [3.8, 4) is 0 Å². The van der Waals surface area contributed by atoms with Gasteiger partial charge in [0, 0.05) is 23.9 Å². The van der Waals surface area contributed by atoms with Crippen molar-refractivity contribution in [1.29, 1.82) is 0 Å². The van der Waals surface area contributed by atoms with E-state index in [9.17, 15) is 4.79 Å². The second-order valence-electron chi connectivity index (χ2n) is 6.63. The van der Waals surface area contributed by atoms with Crippen LogP contribution in [-0.4, -0.2) is 35.1 Å². The van der Waals surface area contributed by atoms with Crippen LogP contribution in [0.3, 0.4) is 0 Å². The van der Waals surface area contributed by atoms with Crippen LogP contribution in [0, 0.1) is 12.8 Å². The summed E-state index contributed by atoms with van der Waals surface area (Å²) < 4.78 is 6.56. The average Bonchev–Trinajstić information content (AvgIpc) is 3.22. The van der Waals surface area contributed by atoms with E-state index in [1.807, 2.05) is 31.2 Å². The van der Waals surface area contributed by atoms with Crippen LogP contribution in [0.2, 0.25) is 0 Å². The van der Waals surface area contributed by atoms with Gasteiger partial charge in [-0.05, 0) is 48.7 Å². The molecule has 4 rings (SSSR count). The molecular weight excluding hydrogens is 348 g/mol. The molecule has 0 aliphatic carbocycles. The molecule has 0 unspecified atom stereocenters. The lowest BCUT2D eigenvalue weighted by Crippen LogP contribution is -2.40. The normalized spacial score (nSPS) is 19.7. The largest absolute Gasteiger partial charge is 0.379 e. The van der Waals surface area contributed by atoms with Crippen molar-refractivity contribution < 1.29 is 9.53 Å². The number of pyridine rings is 1. The number of carbonyl (C=O) groups is 1. The molecule has 7 heteroatoms. The highest BCUT2D eigenvalue weighted by Crippen LogP contribution is 2.28. The summed E-state index contributed by atoms with van der Waals surface area (Å²) in [6, 6.07) is 7.73. The van der Waals surface area contributed by atoms with Gasteiger partial charge in [0.25, 0.3) is 5.91 Å².